The Morgan fingerprint density at radius 3 is 1.97 bits per heavy atom. The second-order valence-electron chi connectivity index (χ2n) is 8.52. The number of nitrogens with two attached hydrogens (primary N) is 1. The highest BCUT2D eigenvalue weighted by atomic mass is 16.5. The number of anilines is 1. The average Bonchev–Trinajstić information content (AvgIpc) is 2.89. The molecule has 2 heterocycles. The van der Waals surface area contributed by atoms with Gasteiger partial charge in [-0.3, -0.25) is 19.3 Å². The summed E-state index contributed by atoms with van der Waals surface area (Å²) in [6, 6.07) is 29.3. The van der Waals surface area contributed by atoms with Gasteiger partial charge < -0.3 is 15.4 Å². The van der Waals surface area contributed by atoms with Crippen molar-refractivity contribution in [3.05, 3.63) is 130 Å². The quantitative estimate of drug-likeness (QED) is 0.468. The molecule has 1 aliphatic heterocycles. The number of rotatable bonds is 6. The number of carbonyl (C=O) groups is 1. The number of aromatic nitrogens is 1. The maximum Gasteiger partial charge on any atom is 0.277 e. The summed E-state index contributed by atoms with van der Waals surface area (Å²) in [5.41, 5.74) is 8.81. The number of ether oxygens (including phenoxy) is 1. The standard InChI is InChI=1S/C28H26N4O3/c1-30-19-32(24(21-13-7-3-8-14-21)22-15-9-4-10-16-22)31-17-23(29)26(33)27(25(31)28(30)34)35-18-20-11-5-2-6-12-20/h2-17,24H,18-19,29H2,1H3. The first-order valence-corrected chi connectivity index (χ1v) is 11.4. The molecule has 2 N–H and O–H groups in total. The van der Waals surface area contributed by atoms with Crippen molar-refractivity contribution in [2.45, 2.75) is 12.6 Å². The molecule has 7 heteroatoms. The first-order chi connectivity index (χ1) is 17.0. The summed E-state index contributed by atoms with van der Waals surface area (Å²) >= 11 is 0. The van der Waals surface area contributed by atoms with E-state index in [-0.39, 0.29) is 35.7 Å². The molecule has 3 aromatic carbocycles. The van der Waals surface area contributed by atoms with Gasteiger partial charge in [0.2, 0.25) is 11.2 Å². The molecule has 35 heavy (non-hydrogen) atoms. The molecule has 0 fully saturated rings. The minimum Gasteiger partial charge on any atom is -0.482 e. The molecule has 1 aromatic heterocycles. The van der Waals surface area contributed by atoms with Gasteiger partial charge in [-0.05, 0) is 16.7 Å². The monoisotopic (exact) mass is 466 g/mol. The fourth-order valence-electron chi connectivity index (χ4n) is 4.40. The summed E-state index contributed by atoms with van der Waals surface area (Å²) in [5, 5.41) is 2.02. The van der Waals surface area contributed by atoms with Crippen LogP contribution in [0.25, 0.3) is 0 Å². The van der Waals surface area contributed by atoms with Crippen LogP contribution in [0.5, 0.6) is 5.75 Å². The maximum absolute atomic E-state index is 13.4. The number of hydrogen-bond donors (Lipinski definition) is 1. The van der Waals surface area contributed by atoms with E-state index in [1.807, 2.05) is 96.0 Å². The molecular formula is C28H26N4O3. The molecule has 0 unspecified atom stereocenters. The lowest BCUT2D eigenvalue weighted by molar-refractivity contribution is 0.0723. The highest BCUT2D eigenvalue weighted by Crippen LogP contribution is 2.32. The van der Waals surface area contributed by atoms with E-state index in [4.69, 9.17) is 10.5 Å². The van der Waals surface area contributed by atoms with Crippen molar-refractivity contribution in [3.63, 3.8) is 0 Å². The summed E-state index contributed by atoms with van der Waals surface area (Å²) in [6.07, 6.45) is 1.52. The highest BCUT2D eigenvalue weighted by molar-refractivity contribution is 5.96. The number of nitrogen functional groups attached to an aromatic ring is 1. The van der Waals surface area contributed by atoms with E-state index < -0.39 is 5.43 Å². The first-order valence-electron chi connectivity index (χ1n) is 11.4. The highest BCUT2D eigenvalue weighted by Gasteiger charge is 2.36. The van der Waals surface area contributed by atoms with Crippen molar-refractivity contribution in [3.8, 4) is 5.75 Å². The third-order valence-electron chi connectivity index (χ3n) is 6.11. The van der Waals surface area contributed by atoms with Crippen LogP contribution in [0, 0.1) is 0 Å². The van der Waals surface area contributed by atoms with E-state index in [0.29, 0.717) is 6.67 Å². The SMILES string of the molecule is CN1CN(C(c2ccccc2)c2ccccc2)n2cc(N)c(=O)c(OCc3ccccc3)c2C1=O. The molecule has 5 rings (SSSR count). The fraction of sp³-hybridized carbons (Fsp3) is 0.143. The number of fused-ring (bicyclic) bond motifs is 1. The molecular weight excluding hydrogens is 440 g/mol. The van der Waals surface area contributed by atoms with Crippen LogP contribution in [0.15, 0.2) is 102 Å². The Bertz CT molecular complexity index is 1350. The Labute approximate surface area is 203 Å². The van der Waals surface area contributed by atoms with E-state index in [1.54, 1.807) is 16.6 Å². The summed E-state index contributed by atoms with van der Waals surface area (Å²) in [7, 11) is 1.72. The van der Waals surface area contributed by atoms with Crippen molar-refractivity contribution in [1.82, 2.24) is 9.58 Å². The largest absolute Gasteiger partial charge is 0.482 e. The van der Waals surface area contributed by atoms with Crippen molar-refractivity contribution in [2.24, 2.45) is 0 Å². The van der Waals surface area contributed by atoms with Gasteiger partial charge in [0.1, 0.15) is 19.0 Å². The molecule has 176 valence electrons. The molecule has 1 aliphatic rings. The zero-order chi connectivity index (χ0) is 24.4. The van der Waals surface area contributed by atoms with Crippen LogP contribution < -0.4 is 20.9 Å². The lowest BCUT2D eigenvalue weighted by Gasteiger charge is -2.43. The summed E-state index contributed by atoms with van der Waals surface area (Å²) in [4.78, 5) is 28.0. The Hall–Kier alpha value is -4.52. The van der Waals surface area contributed by atoms with Crippen LogP contribution in [0.4, 0.5) is 5.69 Å². The van der Waals surface area contributed by atoms with Gasteiger partial charge in [0.15, 0.2) is 5.69 Å². The first kappa shape index (κ1) is 22.3. The molecule has 0 radical (unpaired) electrons. The second-order valence-corrected chi connectivity index (χ2v) is 8.52. The summed E-state index contributed by atoms with van der Waals surface area (Å²) in [5.74, 6) is -0.350. The van der Waals surface area contributed by atoms with Crippen LogP contribution in [-0.4, -0.2) is 29.2 Å². The predicted molar refractivity (Wildman–Crippen MR) is 136 cm³/mol. The van der Waals surface area contributed by atoms with E-state index in [2.05, 4.69) is 0 Å². The van der Waals surface area contributed by atoms with Crippen molar-refractivity contribution in [2.75, 3.05) is 24.5 Å². The van der Waals surface area contributed by atoms with Crippen molar-refractivity contribution in [1.29, 1.82) is 0 Å². The van der Waals surface area contributed by atoms with Gasteiger partial charge in [-0.2, -0.15) is 0 Å². The average molecular weight is 467 g/mol. The molecule has 0 atom stereocenters. The van der Waals surface area contributed by atoms with Crippen LogP contribution >= 0.6 is 0 Å². The Kier molecular flexibility index (Phi) is 5.97. The smallest absolute Gasteiger partial charge is 0.277 e. The third-order valence-corrected chi connectivity index (χ3v) is 6.11. The Morgan fingerprint density at radius 2 is 1.40 bits per heavy atom. The molecule has 0 spiro atoms. The van der Waals surface area contributed by atoms with Gasteiger partial charge in [0.25, 0.3) is 5.91 Å². The van der Waals surface area contributed by atoms with E-state index >= 15 is 0 Å². The molecule has 0 aliphatic carbocycles. The fourth-order valence-corrected chi connectivity index (χ4v) is 4.40. The van der Waals surface area contributed by atoms with Crippen LogP contribution in [0.3, 0.4) is 0 Å². The predicted octanol–water partition coefficient (Wildman–Crippen LogP) is 3.78. The van der Waals surface area contributed by atoms with E-state index in [0.717, 1.165) is 16.7 Å². The van der Waals surface area contributed by atoms with E-state index in [9.17, 15) is 9.59 Å². The van der Waals surface area contributed by atoms with Crippen LogP contribution in [-0.2, 0) is 6.61 Å². The van der Waals surface area contributed by atoms with Gasteiger partial charge in [-0.25, -0.2) is 0 Å². The van der Waals surface area contributed by atoms with Crippen LogP contribution in [0.1, 0.15) is 33.2 Å². The zero-order valence-corrected chi connectivity index (χ0v) is 19.4. The van der Waals surface area contributed by atoms with Gasteiger partial charge >= 0.3 is 0 Å². The lowest BCUT2D eigenvalue weighted by Crippen LogP contribution is -2.54. The maximum atomic E-state index is 13.4. The lowest BCUT2D eigenvalue weighted by atomic mass is 9.98. The molecule has 0 bridgehead atoms. The number of benzene rings is 3. The molecule has 4 aromatic rings. The van der Waals surface area contributed by atoms with Crippen LogP contribution in [0.2, 0.25) is 0 Å². The number of hydrogen-bond acceptors (Lipinski definition) is 5. The Balaban J connectivity index is 1.66. The number of pyridine rings is 1. The molecule has 1 amide bonds. The molecule has 7 nitrogen and oxygen atoms in total. The van der Waals surface area contributed by atoms with Gasteiger partial charge in [0.05, 0.1) is 12.2 Å². The Morgan fingerprint density at radius 1 is 0.857 bits per heavy atom. The number of nitrogens with zero attached hydrogens (tertiary/aromatic N) is 3. The summed E-state index contributed by atoms with van der Waals surface area (Å²) < 4.78 is 7.66. The summed E-state index contributed by atoms with van der Waals surface area (Å²) in [6.45, 7) is 0.436. The van der Waals surface area contributed by atoms with Crippen molar-refractivity contribution >= 4 is 11.6 Å². The number of carbonyl (C=O) groups excluding carboxylic acids is 1. The second kappa shape index (κ2) is 9.38. The number of amides is 1. The van der Waals surface area contributed by atoms with Gasteiger partial charge in [-0.15, -0.1) is 0 Å². The van der Waals surface area contributed by atoms with Crippen molar-refractivity contribution < 1.29 is 9.53 Å². The zero-order valence-electron chi connectivity index (χ0n) is 19.4. The third kappa shape index (κ3) is 4.24. The van der Waals surface area contributed by atoms with Gasteiger partial charge in [0, 0.05) is 7.05 Å². The van der Waals surface area contributed by atoms with E-state index in [1.165, 1.54) is 6.20 Å². The topological polar surface area (TPSA) is 80.8 Å². The minimum absolute atomic E-state index is 0.0130. The minimum atomic E-state index is -0.494. The molecule has 0 saturated heterocycles. The normalized spacial score (nSPS) is 13.1. The molecule has 0 saturated carbocycles. The van der Waals surface area contributed by atoms with Gasteiger partial charge in [-0.1, -0.05) is 91.0 Å².